The summed E-state index contributed by atoms with van der Waals surface area (Å²) in [7, 11) is 1.61. The van der Waals surface area contributed by atoms with Gasteiger partial charge in [0.15, 0.2) is 0 Å². The first kappa shape index (κ1) is 23.3. The van der Waals surface area contributed by atoms with E-state index < -0.39 is 11.7 Å². The molecule has 1 amide bonds. The fourth-order valence-electron chi connectivity index (χ4n) is 3.72. The van der Waals surface area contributed by atoms with Gasteiger partial charge in [0.1, 0.15) is 17.7 Å². The van der Waals surface area contributed by atoms with E-state index in [-0.39, 0.29) is 11.5 Å². The van der Waals surface area contributed by atoms with Gasteiger partial charge in [0, 0.05) is 30.1 Å². The van der Waals surface area contributed by atoms with Crippen LogP contribution in [0.4, 0.5) is 10.6 Å². The van der Waals surface area contributed by atoms with Crippen molar-refractivity contribution in [3.8, 4) is 11.1 Å². The smallest absolute Gasteiger partial charge is 0.415 e. The van der Waals surface area contributed by atoms with Crippen molar-refractivity contribution in [3.05, 3.63) is 64.4 Å². The standard InChI is InChI=1S/C26H30N2O4/c1-17(2)15-28-23(27(6)25(31)32-26(3,4)5)22(19-10-8-7-9-11-19)21-14-18(16-29)12-13-20(21)24(28)30/h7-14,16-17H,15H2,1-6H3. The van der Waals surface area contributed by atoms with Crippen LogP contribution in [0.25, 0.3) is 21.9 Å². The number of anilines is 1. The van der Waals surface area contributed by atoms with Crippen molar-refractivity contribution in [2.75, 3.05) is 11.9 Å². The van der Waals surface area contributed by atoms with Crippen LogP contribution in [0.5, 0.6) is 0 Å². The van der Waals surface area contributed by atoms with Crippen LogP contribution in [-0.4, -0.2) is 29.6 Å². The summed E-state index contributed by atoms with van der Waals surface area (Å²) in [4.78, 5) is 39.6. The van der Waals surface area contributed by atoms with Crippen LogP contribution in [-0.2, 0) is 11.3 Å². The molecule has 2 aromatic carbocycles. The van der Waals surface area contributed by atoms with Gasteiger partial charge in [-0.3, -0.25) is 19.1 Å². The predicted molar refractivity (Wildman–Crippen MR) is 129 cm³/mol. The lowest BCUT2D eigenvalue weighted by atomic mass is 9.97. The minimum Gasteiger partial charge on any atom is -0.443 e. The van der Waals surface area contributed by atoms with E-state index in [1.807, 2.05) is 44.2 Å². The van der Waals surface area contributed by atoms with Crippen LogP contribution in [0.3, 0.4) is 0 Å². The van der Waals surface area contributed by atoms with Crippen molar-refractivity contribution >= 4 is 29.0 Å². The molecule has 0 aliphatic heterocycles. The van der Waals surface area contributed by atoms with Crippen molar-refractivity contribution in [1.29, 1.82) is 0 Å². The Morgan fingerprint density at radius 1 is 1.09 bits per heavy atom. The second-order valence-corrected chi connectivity index (χ2v) is 9.34. The number of fused-ring (bicyclic) bond motifs is 1. The quantitative estimate of drug-likeness (QED) is 0.497. The first-order chi connectivity index (χ1) is 15.0. The molecular formula is C26H30N2O4. The maximum atomic E-state index is 13.6. The minimum atomic E-state index is -0.692. The number of carbonyl (C=O) groups excluding carboxylic acids is 2. The van der Waals surface area contributed by atoms with Gasteiger partial charge in [-0.05, 0) is 49.8 Å². The van der Waals surface area contributed by atoms with Crippen molar-refractivity contribution in [2.45, 2.75) is 46.8 Å². The SMILES string of the molecule is CC(C)Cn1c(N(C)C(=O)OC(C)(C)C)c(-c2ccccc2)c2cc(C=O)ccc2c1=O. The molecule has 0 unspecified atom stereocenters. The summed E-state index contributed by atoms with van der Waals surface area (Å²) in [6, 6.07) is 14.6. The Bertz CT molecular complexity index is 1200. The Balaban J connectivity index is 2.46. The molecule has 0 atom stereocenters. The van der Waals surface area contributed by atoms with Gasteiger partial charge in [-0.1, -0.05) is 50.2 Å². The summed E-state index contributed by atoms with van der Waals surface area (Å²) in [5.41, 5.74) is 1.10. The van der Waals surface area contributed by atoms with Crippen LogP contribution in [0.15, 0.2) is 53.3 Å². The molecule has 6 nitrogen and oxygen atoms in total. The molecule has 0 aliphatic carbocycles. The van der Waals surface area contributed by atoms with Crippen LogP contribution in [0, 0.1) is 5.92 Å². The molecule has 6 heteroatoms. The topological polar surface area (TPSA) is 68.6 Å². The Morgan fingerprint density at radius 3 is 2.31 bits per heavy atom. The molecule has 1 heterocycles. The van der Waals surface area contributed by atoms with E-state index >= 15 is 0 Å². The molecule has 0 saturated heterocycles. The Hall–Kier alpha value is -3.41. The Morgan fingerprint density at radius 2 is 1.75 bits per heavy atom. The van der Waals surface area contributed by atoms with Crippen molar-refractivity contribution in [2.24, 2.45) is 5.92 Å². The summed E-state index contributed by atoms with van der Waals surface area (Å²) in [6.45, 7) is 9.86. The van der Waals surface area contributed by atoms with E-state index in [0.717, 1.165) is 11.8 Å². The normalized spacial score (nSPS) is 11.6. The van der Waals surface area contributed by atoms with Crippen LogP contribution in [0.2, 0.25) is 0 Å². The Labute approximate surface area is 188 Å². The van der Waals surface area contributed by atoms with Crippen molar-refractivity contribution in [3.63, 3.8) is 0 Å². The first-order valence-corrected chi connectivity index (χ1v) is 10.7. The maximum absolute atomic E-state index is 13.6. The fourth-order valence-corrected chi connectivity index (χ4v) is 3.72. The third kappa shape index (κ3) is 4.74. The molecule has 168 valence electrons. The molecule has 1 aromatic heterocycles. The highest BCUT2D eigenvalue weighted by Crippen LogP contribution is 2.37. The molecule has 0 aliphatic rings. The summed E-state index contributed by atoms with van der Waals surface area (Å²) in [6.07, 6.45) is 0.197. The van der Waals surface area contributed by atoms with Gasteiger partial charge >= 0.3 is 6.09 Å². The Kier molecular flexibility index (Phi) is 6.53. The third-order valence-electron chi connectivity index (χ3n) is 5.00. The first-order valence-electron chi connectivity index (χ1n) is 10.7. The van der Waals surface area contributed by atoms with Gasteiger partial charge in [0.2, 0.25) is 0 Å². The number of hydrogen-bond donors (Lipinski definition) is 0. The second kappa shape index (κ2) is 8.99. The van der Waals surface area contributed by atoms with Crippen LogP contribution < -0.4 is 10.5 Å². The van der Waals surface area contributed by atoms with E-state index in [9.17, 15) is 14.4 Å². The number of benzene rings is 2. The zero-order valence-electron chi connectivity index (χ0n) is 19.5. The average molecular weight is 435 g/mol. The zero-order valence-corrected chi connectivity index (χ0v) is 19.5. The number of carbonyl (C=O) groups is 2. The number of pyridine rings is 1. The van der Waals surface area contributed by atoms with Gasteiger partial charge in [-0.25, -0.2) is 4.79 Å². The van der Waals surface area contributed by atoms with Crippen LogP contribution in [0.1, 0.15) is 45.0 Å². The van der Waals surface area contributed by atoms with Gasteiger partial charge in [0.25, 0.3) is 5.56 Å². The highest BCUT2D eigenvalue weighted by atomic mass is 16.6. The number of amides is 1. The van der Waals surface area contributed by atoms with Gasteiger partial charge in [-0.15, -0.1) is 0 Å². The summed E-state index contributed by atoms with van der Waals surface area (Å²) >= 11 is 0. The molecular weight excluding hydrogens is 404 g/mol. The summed E-state index contributed by atoms with van der Waals surface area (Å²) < 4.78 is 7.26. The lowest BCUT2D eigenvalue weighted by Crippen LogP contribution is -2.38. The second-order valence-electron chi connectivity index (χ2n) is 9.34. The molecule has 0 fully saturated rings. The molecule has 32 heavy (non-hydrogen) atoms. The lowest BCUT2D eigenvalue weighted by Gasteiger charge is -2.29. The summed E-state index contributed by atoms with van der Waals surface area (Å²) in [5, 5.41) is 1.12. The minimum absolute atomic E-state index is 0.161. The maximum Gasteiger partial charge on any atom is 0.415 e. The number of aldehydes is 1. The van der Waals surface area contributed by atoms with Crippen LogP contribution >= 0.6 is 0 Å². The number of rotatable bonds is 5. The van der Waals surface area contributed by atoms with Crippen molar-refractivity contribution in [1.82, 2.24) is 4.57 Å². The lowest BCUT2D eigenvalue weighted by molar-refractivity contribution is 0.0587. The van der Waals surface area contributed by atoms with E-state index in [4.69, 9.17) is 4.74 Å². The van der Waals surface area contributed by atoms with E-state index in [0.29, 0.717) is 34.3 Å². The van der Waals surface area contributed by atoms with E-state index in [1.54, 1.807) is 50.6 Å². The highest BCUT2D eigenvalue weighted by molar-refractivity contribution is 6.06. The van der Waals surface area contributed by atoms with E-state index in [1.165, 1.54) is 4.90 Å². The number of aromatic nitrogens is 1. The monoisotopic (exact) mass is 434 g/mol. The molecule has 3 rings (SSSR count). The van der Waals surface area contributed by atoms with Crippen molar-refractivity contribution < 1.29 is 14.3 Å². The largest absolute Gasteiger partial charge is 0.443 e. The molecule has 0 radical (unpaired) electrons. The molecule has 0 bridgehead atoms. The highest BCUT2D eigenvalue weighted by Gasteiger charge is 2.28. The zero-order chi connectivity index (χ0) is 23.6. The number of nitrogens with zero attached hydrogens (tertiary/aromatic N) is 2. The van der Waals surface area contributed by atoms with Gasteiger partial charge < -0.3 is 4.74 Å². The fraction of sp³-hybridized carbons (Fsp3) is 0.346. The number of hydrogen-bond acceptors (Lipinski definition) is 4. The van der Waals surface area contributed by atoms with Gasteiger partial charge in [0.05, 0.1) is 0 Å². The van der Waals surface area contributed by atoms with E-state index in [2.05, 4.69) is 0 Å². The molecule has 3 aromatic rings. The van der Waals surface area contributed by atoms with Gasteiger partial charge in [-0.2, -0.15) is 0 Å². The third-order valence-corrected chi connectivity index (χ3v) is 5.00. The average Bonchev–Trinajstić information content (AvgIpc) is 2.73. The molecule has 0 saturated carbocycles. The predicted octanol–water partition coefficient (Wildman–Crippen LogP) is 5.51. The molecule has 0 N–H and O–H groups in total. The number of ether oxygens (including phenoxy) is 1. The summed E-state index contributed by atoms with van der Waals surface area (Å²) in [5.74, 6) is 0.605. The molecule has 0 spiro atoms.